The number of rotatable bonds is 12. The highest BCUT2D eigenvalue weighted by Crippen LogP contribution is 2.17. The molecule has 2 rings (SSSR count). The van der Waals surface area contributed by atoms with Gasteiger partial charge in [0.1, 0.15) is 12.7 Å². The van der Waals surface area contributed by atoms with Gasteiger partial charge in [0.2, 0.25) is 0 Å². The van der Waals surface area contributed by atoms with Gasteiger partial charge >= 0.3 is 5.97 Å². The molecule has 0 aromatic heterocycles. The zero-order valence-corrected chi connectivity index (χ0v) is 20.3. The first-order chi connectivity index (χ1) is 15.2. The lowest BCUT2D eigenvalue weighted by Gasteiger charge is -2.19. The monoisotopic (exact) mass is 438 g/mol. The van der Waals surface area contributed by atoms with E-state index in [2.05, 4.69) is 50.0 Å². The van der Waals surface area contributed by atoms with Crippen LogP contribution in [-0.4, -0.2) is 50.1 Å². The Morgan fingerprint density at radius 1 is 0.938 bits per heavy atom. The van der Waals surface area contributed by atoms with E-state index in [9.17, 15) is 4.79 Å². The van der Waals surface area contributed by atoms with Gasteiger partial charge in [-0.15, -0.1) is 0 Å². The van der Waals surface area contributed by atoms with Crippen LogP contribution in [-0.2, 0) is 27.2 Å². The summed E-state index contributed by atoms with van der Waals surface area (Å²) in [4.78, 5) is 22.9. The molecule has 0 heterocycles. The van der Waals surface area contributed by atoms with Crippen molar-refractivity contribution in [1.29, 1.82) is 0 Å². The summed E-state index contributed by atoms with van der Waals surface area (Å²) < 4.78 is 5.62. The lowest BCUT2D eigenvalue weighted by Crippen LogP contribution is -2.31. The van der Waals surface area contributed by atoms with Crippen LogP contribution in [0.3, 0.4) is 0 Å². The molecule has 5 nitrogen and oxygen atoms in total. The van der Waals surface area contributed by atoms with E-state index in [1.54, 1.807) is 19.2 Å². The molecule has 0 saturated carbocycles. The van der Waals surface area contributed by atoms with Gasteiger partial charge in [-0.1, -0.05) is 75.4 Å². The number of carbonyl (C=O) groups excluding carboxylic acids is 1. The Balaban J connectivity index is 2.03. The van der Waals surface area contributed by atoms with E-state index in [1.807, 2.05) is 43.5 Å². The van der Waals surface area contributed by atoms with Gasteiger partial charge in [-0.25, -0.2) is 4.79 Å². The average Bonchev–Trinajstić information content (AvgIpc) is 2.76. The van der Waals surface area contributed by atoms with E-state index in [-0.39, 0.29) is 18.0 Å². The predicted octanol–water partition coefficient (Wildman–Crippen LogP) is 5.10. The highest BCUT2D eigenvalue weighted by Gasteiger charge is 2.22. The molecule has 3 unspecified atom stereocenters. The second kappa shape index (κ2) is 13.1. The summed E-state index contributed by atoms with van der Waals surface area (Å²) in [6, 6.07) is 18.1. The van der Waals surface area contributed by atoms with Gasteiger partial charge < -0.3 is 4.74 Å². The van der Waals surface area contributed by atoms with Crippen LogP contribution in [0.1, 0.15) is 50.3 Å². The number of hydroxylamine groups is 2. The standard InChI is InChI=1S/C27H38N2O3/c1-20(2)25-14-12-24(13-15-25)16-21(3)18-28-26(17-23-10-8-7-9-11-23)27(30)32-22(4)19-31-29(5)6/h7-15,18,20-22,26H,16-17,19H2,1-6H3. The molecule has 32 heavy (non-hydrogen) atoms. The van der Waals surface area contributed by atoms with Crippen molar-refractivity contribution in [2.24, 2.45) is 10.9 Å². The first-order valence-corrected chi connectivity index (χ1v) is 11.4. The number of esters is 1. The van der Waals surface area contributed by atoms with Crippen LogP contribution in [0.25, 0.3) is 0 Å². The Morgan fingerprint density at radius 2 is 1.56 bits per heavy atom. The zero-order valence-electron chi connectivity index (χ0n) is 20.3. The molecule has 0 amide bonds. The number of nitrogens with zero attached hydrogens (tertiary/aromatic N) is 2. The predicted molar refractivity (Wildman–Crippen MR) is 131 cm³/mol. The van der Waals surface area contributed by atoms with E-state index < -0.39 is 6.04 Å². The third-order valence-electron chi connectivity index (χ3n) is 5.15. The van der Waals surface area contributed by atoms with Crippen molar-refractivity contribution in [2.75, 3.05) is 20.7 Å². The molecule has 0 aliphatic carbocycles. The highest BCUT2D eigenvalue weighted by molar-refractivity contribution is 5.79. The molecule has 0 bridgehead atoms. The number of carbonyl (C=O) groups is 1. The smallest absolute Gasteiger partial charge is 0.331 e. The molecule has 2 aromatic rings. The van der Waals surface area contributed by atoms with Gasteiger partial charge in [0.15, 0.2) is 6.04 Å². The summed E-state index contributed by atoms with van der Waals surface area (Å²) in [6.07, 6.45) is 2.93. The van der Waals surface area contributed by atoms with Crippen molar-refractivity contribution in [3.63, 3.8) is 0 Å². The third kappa shape index (κ3) is 9.33. The molecular weight excluding hydrogens is 400 g/mol. The number of aliphatic imine (C=N–C) groups is 1. The minimum Gasteiger partial charge on any atom is -0.459 e. The molecule has 0 radical (unpaired) electrons. The van der Waals surface area contributed by atoms with Gasteiger partial charge in [-0.05, 0) is 41.9 Å². The molecule has 0 fully saturated rings. The van der Waals surface area contributed by atoms with E-state index >= 15 is 0 Å². The SMILES string of the molecule is CC(C=NC(Cc1ccccc1)C(=O)OC(C)CON(C)C)Cc1ccc(C(C)C)cc1. The summed E-state index contributed by atoms with van der Waals surface area (Å²) >= 11 is 0. The van der Waals surface area contributed by atoms with E-state index in [4.69, 9.17) is 9.57 Å². The molecule has 174 valence electrons. The number of benzene rings is 2. The number of hydrogen-bond acceptors (Lipinski definition) is 5. The van der Waals surface area contributed by atoms with Crippen molar-refractivity contribution >= 4 is 12.2 Å². The fourth-order valence-corrected chi connectivity index (χ4v) is 3.31. The summed E-state index contributed by atoms with van der Waals surface area (Å²) in [5.74, 6) is 0.409. The van der Waals surface area contributed by atoms with Gasteiger partial charge in [0, 0.05) is 26.7 Å². The second-order valence-electron chi connectivity index (χ2n) is 8.94. The van der Waals surface area contributed by atoms with Gasteiger partial charge in [-0.3, -0.25) is 9.83 Å². The van der Waals surface area contributed by atoms with Crippen LogP contribution < -0.4 is 0 Å². The van der Waals surface area contributed by atoms with Crippen LogP contribution in [0.15, 0.2) is 59.6 Å². The summed E-state index contributed by atoms with van der Waals surface area (Å²) in [7, 11) is 3.60. The number of hydrogen-bond donors (Lipinski definition) is 0. The third-order valence-corrected chi connectivity index (χ3v) is 5.15. The topological polar surface area (TPSA) is 51.1 Å². The van der Waals surface area contributed by atoms with Crippen molar-refractivity contribution in [3.8, 4) is 0 Å². The zero-order chi connectivity index (χ0) is 23.5. The van der Waals surface area contributed by atoms with Crippen LogP contribution in [0.4, 0.5) is 0 Å². The van der Waals surface area contributed by atoms with E-state index in [0.29, 0.717) is 18.9 Å². The molecule has 5 heteroatoms. The van der Waals surface area contributed by atoms with Crippen LogP contribution in [0.2, 0.25) is 0 Å². The van der Waals surface area contributed by atoms with Gasteiger partial charge in [0.05, 0.1) is 0 Å². The molecule has 0 aliphatic heterocycles. The Kier molecular flexibility index (Phi) is 10.6. The quantitative estimate of drug-likeness (QED) is 0.263. The lowest BCUT2D eigenvalue weighted by atomic mass is 9.97. The lowest BCUT2D eigenvalue weighted by molar-refractivity contribution is -0.170. The average molecular weight is 439 g/mol. The molecule has 0 aliphatic rings. The molecule has 0 spiro atoms. The maximum absolute atomic E-state index is 12.9. The fourth-order valence-electron chi connectivity index (χ4n) is 3.31. The normalized spacial score (nSPS) is 14.6. The van der Waals surface area contributed by atoms with Crippen molar-refractivity contribution < 1.29 is 14.4 Å². The second-order valence-corrected chi connectivity index (χ2v) is 8.94. The van der Waals surface area contributed by atoms with Crippen LogP contribution in [0.5, 0.6) is 0 Å². The maximum Gasteiger partial charge on any atom is 0.331 e. The molecule has 3 atom stereocenters. The maximum atomic E-state index is 12.9. The Labute approximate surface area is 193 Å². The highest BCUT2D eigenvalue weighted by atomic mass is 16.7. The van der Waals surface area contributed by atoms with Crippen molar-refractivity contribution in [3.05, 3.63) is 71.3 Å². The van der Waals surface area contributed by atoms with E-state index in [1.165, 1.54) is 11.1 Å². The first-order valence-electron chi connectivity index (χ1n) is 11.4. The first kappa shape index (κ1) is 25.8. The van der Waals surface area contributed by atoms with Crippen LogP contribution >= 0.6 is 0 Å². The molecule has 0 saturated heterocycles. The van der Waals surface area contributed by atoms with Gasteiger partial charge in [0.25, 0.3) is 0 Å². The van der Waals surface area contributed by atoms with Crippen LogP contribution in [0, 0.1) is 5.92 Å². The largest absolute Gasteiger partial charge is 0.459 e. The summed E-state index contributed by atoms with van der Waals surface area (Å²) in [6.45, 7) is 8.66. The Bertz CT molecular complexity index is 832. The Morgan fingerprint density at radius 3 is 2.16 bits per heavy atom. The van der Waals surface area contributed by atoms with Gasteiger partial charge in [-0.2, -0.15) is 5.06 Å². The minimum atomic E-state index is -0.579. The van der Waals surface area contributed by atoms with Crippen molar-refractivity contribution in [2.45, 2.75) is 58.6 Å². The van der Waals surface area contributed by atoms with Crippen molar-refractivity contribution in [1.82, 2.24) is 5.06 Å². The summed E-state index contributed by atoms with van der Waals surface area (Å²) in [5.41, 5.74) is 3.67. The minimum absolute atomic E-state index is 0.209. The number of ether oxygens (including phenoxy) is 1. The summed E-state index contributed by atoms with van der Waals surface area (Å²) in [5, 5.41) is 1.60. The Hall–Kier alpha value is -2.50. The molecule has 2 aromatic carbocycles. The van der Waals surface area contributed by atoms with E-state index in [0.717, 1.165) is 12.0 Å². The molecule has 0 N–H and O–H groups in total. The fraction of sp³-hybridized carbons (Fsp3) is 0.481. The molecular formula is C27H38N2O3.